The van der Waals surface area contributed by atoms with Crippen LogP contribution < -0.4 is 14.2 Å². The molecular formula is C27H29O3. The fourth-order valence-electron chi connectivity index (χ4n) is 4.85. The third-order valence-corrected chi connectivity index (χ3v) is 6.39. The second-order valence-electron chi connectivity index (χ2n) is 7.81. The first-order valence-electron chi connectivity index (χ1n) is 10.5. The molecule has 3 aromatic rings. The predicted molar refractivity (Wildman–Crippen MR) is 121 cm³/mol. The van der Waals surface area contributed by atoms with Crippen molar-refractivity contribution in [3.8, 4) is 17.2 Å². The molecule has 1 fully saturated rings. The average Bonchev–Trinajstić information content (AvgIpc) is 2.84. The minimum absolute atomic E-state index is 0.147. The summed E-state index contributed by atoms with van der Waals surface area (Å²) in [7, 11) is 5.13. The Morgan fingerprint density at radius 2 is 1.07 bits per heavy atom. The molecule has 1 radical (unpaired) electrons. The van der Waals surface area contributed by atoms with E-state index in [1.165, 1.54) is 16.7 Å². The second-order valence-corrected chi connectivity index (χ2v) is 7.81. The van der Waals surface area contributed by atoms with Gasteiger partial charge in [0.15, 0.2) is 0 Å². The van der Waals surface area contributed by atoms with Crippen molar-refractivity contribution in [2.45, 2.75) is 30.6 Å². The molecule has 3 aromatic carbocycles. The van der Waals surface area contributed by atoms with Gasteiger partial charge in [-0.1, -0.05) is 42.8 Å². The van der Waals surface area contributed by atoms with Gasteiger partial charge < -0.3 is 14.2 Å². The lowest BCUT2D eigenvalue weighted by Crippen LogP contribution is -2.38. The first-order chi connectivity index (χ1) is 14.7. The first-order valence-corrected chi connectivity index (χ1v) is 10.5. The van der Waals surface area contributed by atoms with E-state index < -0.39 is 0 Å². The van der Waals surface area contributed by atoms with Gasteiger partial charge in [-0.25, -0.2) is 0 Å². The molecule has 1 saturated carbocycles. The Labute approximate surface area is 179 Å². The topological polar surface area (TPSA) is 27.7 Å². The van der Waals surface area contributed by atoms with Crippen LogP contribution in [0.2, 0.25) is 0 Å². The van der Waals surface area contributed by atoms with Gasteiger partial charge in [0.1, 0.15) is 17.2 Å². The Bertz CT molecular complexity index is 895. The minimum atomic E-state index is -0.147. The van der Waals surface area contributed by atoms with Crippen molar-refractivity contribution < 1.29 is 14.2 Å². The van der Waals surface area contributed by atoms with Crippen LogP contribution in [0.25, 0.3) is 0 Å². The summed E-state index contributed by atoms with van der Waals surface area (Å²) in [6, 6.07) is 25.7. The Balaban J connectivity index is 1.88. The van der Waals surface area contributed by atoms with E-state index in [0.717, 1.165) is 36.5 Å². The molecule has 0 aliphatic heterocycles. The molecule has 0 saturated heterocycles. The number of methoxy groups -OCH3 is 3. The van der Waals surface area contributed by atoms with Crippen LogP contribution in [0.1, 0.15) is 41.9 Å². The summed E-state index contributed by atoms with van der Waals surface area (Å²) in [4.78, 5) is 0. The van der Waals surface area contributed by atoms with Gasteiger partial charge in [-0.2, -0.15) is 0 Å². The van der Waals surface area contributed by atoms with Crippen molar-refractivity contribution in [3.63, 3.8) is 0 Å². The van der Waals surface area contributed by atoms with Gasteiger partial charge in [-0.05, 0) is 72.4 Å². The summed E-state index contributed by atoms with van der Waals surface area (Å²) in [6.07, 6.45) is 5.84. The zero-order chi connectivity index (χ0) is 21.0. The highest BCUT2D eigenvalue weighted by molar-refractivity contribution is 5.50. The average molecular weight is 402 g/mol. The quantitative estimate of drug-likeness (QED) is 0.494. The van der Waals surface area contributed by atoms with E-state index in [1.807, 2.05) is 0 Å². The van der Waals surface area contributed by atoms with Gasteiger partial charge in [0.05, 0.1) is 21.3 Å². The SMILES string of the molecule is COc1ccc(C2[CH]CCCC2(c2ccc(OC)cc2)c2ccc(OC)cc2)cc1. The van der Waals surface area contributed by atoms with Gasteiger partial charge in [-0.15, -0.1) is 0 Å². The standard InChI is InChI=1S/C27H29O3/c1-28-23-13-7-20(8-14-23)26-6-4-5-19-27(26,21-9-15-24(29-2)16-10-21)22-11-17-25(30-3)18-12-22/h6-18,26H,4-5,19H2,1-3H3. The van der Waals surface area contributed by atoms with Crippen molar-refractivity contribution in [1.29, 1.82) is 0 Å². The largest absolute Gasteiger partial charge is 0.497 e. The Morgan fingerprint density at radius 3 is 1.50 bits per heavy atom. The maximum Gasteiger partial charge on any atom is 0.118 e. The summed E-state index contributed by atoms with van der Waals surface area (Å²) in [5.41, 5.74) is 3.78. The third kappa shape index (κ3) is 3.65. The molecule has 30 heavy (non-hydrogen) atoms. The maximum absolute atomic E-state index is 5.42. The maximum atomic E-state index is 5.42. The van der Waals surface area contributed by atoms with E-state index >= 15 is 0 Å². The molecule has 1 unspecified atom stereocenters. The molecule has 3 nitrogen and oxygen atoms in total. The number of hydrogen-bond donors (Lipinski definition) is 0. The van der Waals surface area contributed by atoms with E-state index in [9.17, 15) is 0 Å². The first kappa shape index (κ1) is 20.3. The predicted octanol–water partition coefficient (Wildman–Crippen LogP) is 6.17. The normalized spacial score (nSPS) is 17.9. The summed E-state index contributed by atoms with van der Waals surface area (Å²) in [5.74, 6) is 2.90. The molecule has 0 aromatic heterocycles. The van der Waals surface area contributed by atoms with Gasteiger partial charge in [-0.3, -0.25) is 0 Å². The van der Waals surface area contributed by atoms with Gasteiger partial charge in [0.2, 0.25) is 0 Å². The van der Waals surface area contributed by atoms with Gasteiger partial charge in [0.25, 0.3) is 0 Å². The Morgan fingerprint density at radius 1 is 0.633 bits per heavy atom. The summed E-state index contributed by atoms with van der Waals surface area (Å²) in [5, 5.41) is 0. The summed E-state index contributed by atoms with van der Waals surface area (Å²) < 4.78 is 16.2. The smallest absolute Gasteiger partial charge is 0.118 e. The lowest BCUT2D eigenvalue weighted by atomic mass is 9.57. The van der Waals surface area contributed by atoms with Crippen LogP contribution in [-0.4, -0.2) is 21.3 Å². The highest BCUT2D eigenvalue weighted by Crippen LogP contribution is 2.53. The van der Waals surface area contributed by atoms with Gasteiger partial charge >= 0.3 is 0 Å². The van der Waals surface area contributed by atoms with Gasteiger partial charge in [0, 0.05) is 11.3 Å². The van der Waals surface area contributed by atoms with Crippen molar-refractivity contribution in [2.75, 3.05) is 21.3 Å². The zero-order valence-corrected chi connectivity index (χ0v) is 17.9. The second kappa shape index (κ2) is 8.83. The van der Waals surface area contributed by atoms with E-state index in [2.05, 4.69) is 79.2 Å². The number of ether oxygens (including phenoxy) is 3. The Hall–Kier alpha value is -2.94. The molecule has 0 heterocycles. The fourth-order valence-corrected chi connectivity index (χ4v) is 4.85. The van der Waals surface area contributed by atoms with Crippen LogP contribution in [0.3, 0.4) is 0 Å². The summed E-state index contributed by atoms with van der Waals surface area (Å²) in [6.45, 7) is 0. The van der Waals surface area contributed by atoms with Crippen molar-refractivity contribution in [2.24, 2.45) is 0 Å². The number of rotatable bonds is 6. The molecule has 1 aliphatic rings. The minimum Gasteiger partial charge on any atom is -0.497 e. The molecule has 1 aliphatic carbocycles. The molecular weight excluding hydrogens is 372 g/mol. The van der Waals surface area contributed by atoms with Crippen molar-refractivity contribution in [3.05, 3.63) is 95.9 Å². The number of hydrogen-bond acceptors (Lipinski definition) is 3. The zero-order valence-electron chi connectivity index (χ0n) is 17.9. The van der Waals surface area contributed by atoms with Crippen LogP contribution in [0, 0.1) is 6.42 Å². The van der Waals surface area contributed by atoms with Crippen LogP contribution in [-0.2, 0) is 5.41 Å². The highest BCUT2D eigenvalue weighted by atomic mass is 16.5. The van der Waals surface area contributed by atoms with Crippen LogP contribution >= 0.6 is 0 Å². The fraction of sp³-hybridized carbons (Fsp3) is 0.296. The Kier molecular flexibility index (Phi) is 5.98. The molecule has 3 heteroatoms. The molecule has 0 amide bonds. The third-order valence-electron chi connectivity index (χ3n) is 6.39. The molecule has 1 atom stereocenters. The molecule has 0 spiro atoms. The van der Waals surface area contributed by atoms with E-state index in [0.29, 0.717) is 0 Å². The lowest BCUT2D eigenvalue weighted by molar-refractivity contribution is 0.349. The van der Waals surface area contributed by atoms with Crippen molar-refractivity contribution in [1.82, 2.24) is 0 Å². The van der Waals surface area contributed by atoms with Crippen LogP contribution in [0.5, 0.6) is 17.2 Å². The van der Waals surface area contributed by atoms with E-state index in [-0.39, 0.29) is 11.3 Å². The van der Waals surface area contributed by atoms with Crippen molar-refractivity contribution >= 4 is 0 Å². The van der Waals surface area contributed by atoms with Crippen LogP contribution in [0.15, 0.2) is 72.8 Å². The van der Waals surface area contributed by atoms with E-state index in [1.54, 1.807) is 21.3 Å². The van der Waals surface area contributed by atoms with E-state index in [4.69, 9.17) is 14.2 Å². The van der Waals surface area contributed by atoms with Crippen LogP contribution in [0.4, 0.5) is 0 Å². The lowest BCUT2D eigenvalue weighted by Gasteiger charge is -2.46. The molecule has 0 N–H and O–H groups in total. The molecule has 0 bridgehead atoms. The number of benzene rings is 3. The monoisotopic (exact) mass is 401 g/mol. The molecule has 155 valence electrons. The molecule has 4 rings (SSSR count). The highest BCUT2D eigenvalue weighted by Gasteiger charge is 2.44. The summed E-state index contributed by atoms with van der Waals surface area (Å²) >= 11 is 0.